The Morgan fingerprint density at radius 3 is 1.93 bits per heavy atom. The number of rotatable bonds is 14. The van der Waals surface area contributed by atoms with Crippen LogP contribution in [0.3, 0.4) is 0 Å². The molecule has 4 aliphatic carbocycles. The van der Waals surface area contributed by atoms with E-state index in [4.69, 9.17) is 42.6 Å². The Labute approximate surface area is 426 Å². The summed E-state index contributed by atoms with van der Waals surface area (Å²) in [4.78, 5) is 0. The lowest BCUT2D eigenvalue weighted by atomic mass is 9.47. The number of fused-ring (bicyclic) bond motifs is 7. The van der Waals surface area contributed by atoms with Gasteiger partial charge < -0.3 is 109 Å². The lowest BCUT2D eigenvalue weighted by Crippen LogP contribution is -2.66. The Kier molecular flexibility index (Phi) is 16.9. The van der Waals surface area contributed by atoms with Crippen molar-refractivity contribution in [2.24, 2.45) is 46.3 Å². The largest absolute Gasteiger partial charge is 0.394 e. The minimum absolute atomic E-state index is 0.0508. The fourth-order valence-corrected chi connectivity index (χ4v) is 14.9. The molecule has 0 unspecified atom stereocenters. The van der Waals surface area contributed by atoms with Crippen molar-refractivity contribution in [1.82, 2.24) is 0 Å². The van der Waals surface area contributed by atoms with Gasteiger partial charge in [-0.1, -0.05) is 39.3 Å². The Balaban J connectivity index is 0.822. The average molecular weight is 1050 g/mol. The molecule has 0 bridgehead atoms. The van der Waals surface area contributed by atoms with Crippen molar-refractivity contribution in [2.45, 2.75) is 240 Å². The predicted molar refractivity (Wildman–Crippen MR) is 249 cm³/mol. The molecule has 9 aliphatic rings. The Bertz CT molecular complexity index is 1900. The van der Waals surface area contributed by atoms with E-state index in [0.29, 0.717) is 43.4 Å². The van der Waals surface area contributed by atoms with Gasteiger partial charge in [0, 0.05) is 12.3 Å². The van der Waals surface area contributed by atoms with Crippen LogP contribution in [0.1, 0.15) is 99.3 Å². The van der Waals surface area contributed by atoms with Gasteiger partial charge in [0.1, 0.15) is 85.5 Å². The van der Waals surface area contributed by atoms with Crippen molar-refractivity contribution in [1.29, 1.82) is 0 Å². The smallest absolute Gasteiger partial charge is 0.187 e. The van der Waals surface area contributed by atoms with Crippen LogP contribution < -0.4 is 0 Å². The van der Waals surface area contributed by atoms with Crippen LogP contribution in [0.15, 0.2) is 11.6 Å². The summed E-state index contributed by atoms with van der Waals surface area (Å²) in [5.74, 6) is -0.181. The molecule has 73 heavy (non-hydrogen) atoms. The van der Waals surface area contributed by atoms with Gasteiger partial charge in [0.25, 0.3) is 0 Å². The van der Waals surface area contributed by atoms with Crippen LogP contribution in [0.25, 0.3) is 0 Å². The van der Waals surface area contributed by atoms with Gasteiger partial charge in [0.2, 0.25) is 0 Å². The molecule has 0 radical (unpaired) electrons. The molecule has 0 aromatic carbocycles. The predicted octanol–water partition coefficient (Wildman–Crippen LogP) is -1.98. The Morgan fingerprint density at radius 2 is 1.25 bits per heavy atom. The average Bonchev–Trinajstić information content (AvgIpc) is 3.80. The molecule has 0 aromatic heterocycles. The van der Waals surface area contributed by atoms with Crippen molar-refractivity contribution < 1.29 is 109 Å². The third kappa shape index (κ3) is 10.2. The topological polar surface area (TPSA) is 346 Å². The second-order valence-electron chi connectivity index (χ2n) is 23.8. The summed E-state index contributed by atoms with van der Waals surface area (Å²) in [6, 6.07) is 0. The molecule has 0 aromatic rings. The highest BCUT2D eigenvalue weighted by Crippen LogP contribution is 2.70. The van der Waals surface area contributed by atoms with Crippen LogP contribution in [0, 0.1) is 46.3 Å². The monoisotopic (exact) mass is 1050 g/mol. The van der Waals surface area contributed by atoms with Gasteiger partial charge in [0.15, 0.2) is 30.9 Å². The van der Waals surface area contributed by atoms with E-state index in [-0.39, 0.29) is 41.3 Å². The molecule has 9 rings (SSSR count). The van der Waals surface area contributed by atoms with E-state index in [1.165, 1.54) is 19.4 Å². The first-order chi connectivity index (χ1) is 34.5. The first-order valence-electron chi connectivity index (χ1n) is 26.8. The molecular formula is C51H84O22. The molecule has 0 spiro atoms. The minimum atomic E-state index is -1.77. The fourth-order valence-electron chi connectivity index (χ4n) is 14.9. The Morgan fingerprint density at radius 1 is 0.644 bits per heavy atom. The molecule has 3 saturated carbocycles. The molecule has 22 heteroatoms. The first kappa shape index (κ1) is 56.6. The lowest BCUT2D eigenvalue weighted by Gasteiger charge is -2.58. The van der Waals surface area contributed by atoms with Crippen molar-refractivity contribution in [2.75, 3.05) is 19.8 Å². The van der Waals surface area contributed by atoms with Crippen molar-refractivity contribution in [3.63, 3.8) is 0 Å². The summed E-state index contributed by atoms with van der Waals surface area (Å²) < 4.78 is 54.1. The van der Waals surface area contributed by atoms with Crippen LogP contribution in [-0.2, 0) is 42.6 Å². The van der Waals surface area contributed by atoms with Crippen LogP contribution in [0.5, 0.6) is 0 Å². The summed E-state index contributed by atoms with van der Waals surface area (Å²) in [5, 5.41) is 139. The number of hydrogen-bond donors (Lipinski definition) is 13. The van der Waals surface area contributed by atoms with Gasteiger partial charge in [-0.25, -0.2) is 0 Å². The highest BCUT2D eigenvalue weighted by Gasteiger charge is 2.68. The molecule has 8 fully saturated rings. The minimum Gasteiger partial charge on any atom is -0.394 e. The first-order valence-corrected chi connectivity index (χ1v) is 26.8. The van der Waals surface area contributed by atoms with Gasteiger partial charge in [-0.3, -0.25) is 0 Å². The molecule has 420 valence electrons. The van der Waals surface area contributed by atoms with Crippen LogP contribution in [-0.4, -0.2) is 227 Å². The van der Waals surface area contributed by atoms with E-state index in [1.54, 1.807) is 0 Å². The van der Waals surface area contributed by atoms with E-state index in [1.807, 2.05) is 6.92 Å². The summed E-state index contributed by atoms with van der Waals surface area (Å²) in [6.45, 7) is 10.7. The Hall–Kier alpha value is -1.14. The number of aliphatic hydroxyl groups is 13. The van der Waals surface area contributed by atoms with Crippen molar-refractivity contribution in [3.05, 3.63) is 11.6 Å². The van der Waals surface area contributed by atoms with Gasteiger partial charge in [-0.15, -0.1) is 0 Å². The van der Waals surface area contributed by atoms with Crippen LogP contribution >= 0.6 is 0 Å². The molecule has 22 nitrogen and oxygen atoms in total. The molecular weight excluding hydrogens is 965 g/mol. The molecule has 13 N–H and O–H groups in total. The molecule has 5 heterocycles. The van der Waals surface area contributed by atoms with Crippen molar-refractivity contribution >= 4 is 0 Å². The normalized spacial score (nSPS) is 55.5. The molecule has 5 aliphatic heterocycles. The van der Waals surface area contributed by atoms with E-state index >= 15 is 0 Å². The van der Waals surface area contributed by atoms with E-state index in [9.17, 15) is 66.4 Å². The number of allylic oxidation sites excluding steroid dienone is 1. The summed E-state index contributed by atoms with van der Waals surface area (Å²) in [6.07, 6.45) is -20.3. The highest BCUT2D eigenvalue weighted by molar-refractivity contribution is 5.26. The highest BCUT2D eigenvalue weighted by atomic mass is 16.8. The second kappa shape index (κ2) is 21.8. The van der Waals surface area contributed by atoms with Crippen molar-refractivity contribution in [3.8, 4) is 0 Å². The quantitative estimate of drug-likeness (QED) is 0.0839. The maximum atomic E-state index is 12.1. The van der Waals surface area contributed by atoms with Gasteiger partial charge in [0.05, 0.1) is 44.2 Å². The molecule has 0 amide bonds. The maximum absolute atomic E-state index is 12.1. The van der Waals surface area contributed by atoms with E-state index in [0.717, 1.165) is 32.1 Å². The van der Waals surface area contributed by atoms with Gasteiger partial charge in [-0.05, 0) is 106 Å². The third-order valence-corrected chi connectivity index (χ3v) is 19.5. The van der Waals surface area contributed by atoms with Gasteiger partial charge in [-0.2, -0.15) is 0 Å². The third-order valence-electron chi connectivity index (χ3n) is 19.5. The zero-order chi connectivity index (χ0) is 52.8. The summed E-state index contributed by atoms with van der Waals surface area (Å²) in [7, 11) is 0. The van der Waals surface area contributed by atoms with Crippen LogP contribution in [0.4, 0.5) is 0 Å². The second-order valence-corrected chi connectivity index (χ2v) is 23.8. The number of aliphatic hydroxyl groups excluding tert-OH is 12. The summed E-state index contributed by atoms with van der Waals surface area (Å²) >= 11 is 0. The fraction of sp³-hybridized carbons (Fsp3) is 0.961. The zero-order valence-electron chi connectivity index (χ0n) is 42.7. The molecule has 31 atom stereocenters. The van der Waals surface area contributed by atoms with Crippen LogP contribution in [0.2, 0.25) is 0 Å². The standard InChI is InChI=1S/C51H84O22/c1-20(19-65-45-40(61)38(59)35(56)30(17-52)69-45)9-14-51(64)21(2)32-29(73-51)16-28-26-8-7-24-15-25(10-12-49(24,5)27(26)11-13-50(28,32)6)68-48-44(39(60)36(57)31(18-53)70-48)72-47-42(63)43(34(55)23(4)67-47)71-46-41(62)37(58)33(54)22(3)66-46/h7,20-23,25-48,52-64H,8-19H2,1-6H3/t20-,21+,22+,23-,25+,26-,27+,28+,29+,30-,31-,32+,33+,34-,35-,36-,37-,38+,39+,40-,41-,42+,43+,44-,45-,46+,47-,48-,49+,50+,51-/m1/s1. The SMILES string of the molecule is C[C@H](CC[C@@]1(O)O[C@H]2C[C@H]3[C@@H]4CC=C5C[C@@H](O[C@@H]6O[C@H](CO)[C@@H](O)[C@H](O)[C@H]6O[C@H]6O[C@H](C)[C@@H](O)[C@H](O[C@@H]7O[C@@H](C)[C@H](O)[C@@H](O)[C@H]7O)[C@@H]6O)CC[C@]5(C)[C@H]4CC[C@]3(C)[C@H]2[C@@H]1C)CO[C@@H]1O[C@H](CO)[C@@H](O)[C@H](O)[C@H]1O. The lowest BCUT2D eigenvalue weighted by molar-refractivity contribution is -0.384. The van der Waals surface area contributed by atoms with E-state index in [2.05, 4.69) is 26.8 Å². The van der Waals surface area contributed by atoms with E-state index < -0.39 is 148 Å². The number of ether oxygens (including phenoxy) is 9. The maximum Gasteiger partial charge on any atom is 0.187 e. The summed E-state index contributed by atoms with van der Waals surface area (Å²) in [5.41, 5.74) is 1.10. The molecule has 5 saturated heterocycles. The zero-order valence-corrected chi connectivity index (χ0v) is 42.7. The number of hydrogen-bond acceptors (Lipinski definition) is 22. The van der Waals surface area contributed by atoms with Gasteiger partial charge >= 0.3 is 0 Å².